The number of hydrogen-bond donors (Lipinski definition) is 1. The lowest BCUT2D eigenvalue weighted by atomic mass is 10.2. The van der Waals surface area contributed by atoms with E-state index in [2.05, 4.69) is 5.32 Å². The molecule has 3 aromatic heterocycles. The van der Waals surface area contributed by atoms with Crippen molar-refractivity contribution in [1.29, 1.82) is 0 Å². The molecule has 0 fully saturated rings. The van der Waals surface area contributed by atoms with Crippen molar-refractivity contribution >= 4 is 39.1 Å². The summed E-state index contributed by atoms with van der Waals surface area (Å²) in [5.74, 6) is 0.128. The number of amides is 1. The number of nitrogens with one attached hydrogen (secondary N) is 1. The Morgan fingerprint density at radius 3 is 2.76 bits per heavy atom. The predicted molar refractivity (Wildman–Crippen MR) is 111 cm³/mol. The number of thiophene rings is 1. The highest BCUT2D eigenvalue weighted by atomic mass is 35.5. The van der Waals surface area contributed by atoms with Crippen molar-refractivity contribution < 1.29 is 9.21 Å². The molecule has 0 aliphatic carbocycles. The molecule has 0 atom stereocenters. The maximum Gasteiger partial charge on any atom is 0.332 e. The summed E-state index contributed by atoms with van der Waals surface area (Å²) in [7, 11) is 0. The van der Waals surface area contributed by atoms with Crippen LogP contribution in [0.1, 0.15) is 11.3 Å². The van der Waals surface area contributed by atoms with Crippen LogP contribution in [0.5, 0.6) is 0 Å². The zero-order valence-electron chi connectivity index (χ0n) is 15.1. The second kappa shape index (κ2) is 8.10. The van der Waals surface area contributed by atoms with Gasteiger partial charge in [-0.3, -0.25) is 14.2 Å². The van der Waals surface area contributed by atoms with Gasteiger partial charge in [-0.05, 0) is 41.3 Å². The molecule has 148 valence electrons. The molecule has 4 aromatic rings. The molecule has 9 heteroatoms. The lowest BCUT2D eigenvalue weighted by molar-refractivity contribution is -0.122. The van der Waals surface area contributed by atoms with Gasteiger partial charge in [0, 0.05) is 5.02 Å². The van der Waals surface area contributed by atoms with E-state index in [0.29, 0.717) is 21.0 Å². The monoisotopic (exact) mass is 429 g/mol. The highest BCUT2D eigenvalue weighted by Gasteiger charge is 2.17. The number of nitrogens with zero attached hydrogens (tertiary/aromatic N) is 2. The molecule has 1 amide bonds. The molecule has 0 saturated carbocycles. The van der Waals surface area contributed by atoms with Gasteiger partial charge in [-0.1, -0.05) is 23.7 Å². The molecule has 0 unspecified atom stereocenters. The average Bonchev–Trinajstić information content (AvgIpc) is 3.39. The molecule has 4 rings (SSSR count). The summed E-state index contributed by atoms with van der Waals surface area (Å²) in [6.45, 7) is 0.0429. The summed E-state index contributed by atoms with van der Waals surface area (Å²) < 4.78 is 8.03. The Kier molecular flexibility index (Phi) is 5.37. The van der Waals surface area contributed by atoms with E-state index in [1.807, 2.05) is 6.07 Å². The highest BCUT2D eigenvalue weighted by Crippen LogP contribution is 2.17. The fourth-order valence-corrected chi connectivity index (χ4v) is 4.10. The van der Waals surface area contributed by atoms with Gasteiger partial charge in [0.1, 0.15) is 17.0 Å². The van der Waals surface area contributed by atoms with Crippen LogP contribution in [0.25, 0.3) is 10.2 Å². The third kappa shape index (κ3) is 4.03. The van der Waals surface area contributed by atoms with E-state index in [-0.39, 0.29) is 19.6 Å². The standard InChI is InChI=1S/C20H16ClN3O4S/c21-14-4-1-3-13(9-14)11-23-16-6-8-29-18(16)19(26)24(20(23)27)12-17(25)22-10-15-5-2-7-28-15/h1-9H,10-12H2,(H,22,25). The number of benzene rings is 1. The summed E-state index contributed by atoms with van der Waals surface area (Å²) in [5, 5.41) is 4.96. The van der Waals surface area contributed by atoms with Gasteiger partial charge in [0.15, 0.2) is 0 Å². The number of carbonyl (C=O) groups is 1. The summed E-state index contributed by atoms with van der Waals surface area (Å²) in [6.07, 6.45) is 1.51. The molecule has 0 bridgehead atoms. The van der Waals surface area contributed by atoms with Crippen molar-refractivity contribution in [3.63, 3.8) is 0 Å². The predicted octanol–water partition coefficient (Wildman–Crippen LogP) is 2.84. The maximum absolute atomic E-state index is 13.1. The van der Waals surface area contributed by atoms with Crippen molar-refractivity contribution in [2.45, 2.75) is 19.6 Å². The van der Waals surface area contributed by atoms with Gasteiger partial charge >= 0.3 is 5.69 Å². The Hall–Kier alpha value is -3.10. The average molecular weight is 430 g/mol. The molecule has 0 aliphatic heterocycles. The van der Waals surface area contributed by atoms with E-state index < -0.39 is 17.2 Å². The number of halogens is 1. The molecule has 1 aromatic carbocycles. The summed E-state index contributed by atoms with van der Waals surface area (Å²) in [6, 6.07) is 12.3. The van der Waals surface area contributed by atoms with E-state index >= 15 is 0 Å². The Bertz CT molecular complexity index is 1290. The van der Waals surface area contributed by atoms with Crippen molar-refractivity contribution in [3.05, 3.63) is 91.3 Å². The zero-order valence-corrected chi connectivity index (χ0v) is 16.7. The van der Waals surface area contributed by atoms with Gasteiger partial charge in [0.2, 0.25) is 5.91 Å². The third-order valence-corrected chi connectivity index (χ3v) is 5.53. The highest BCUT2D eigenvalue weighted by molar-refractivity contribution is 7.17. The number of furan rings is 1. The van der Waals surface area contributed by atoms with Crippen molar-refractivity contribution in [3.8, 4) is 0 Å². The molecular weight excluding hydrogens is 414 g/mol. The van der Waals surface area contributed by atoms with Gasteiger partial charge in [-0.15, -0.1) is 11.3 Å². The van der Waals surface area contributed by atoms with Crippen LogP contribution in [-0.4, -0.2) is 15.0 Å². The van der Waals surface area contributed by atoms with Crippen molar-refractivity contribution in [2.24, 2.45) is 0 Å². The summed E-state index contributed by atoms with van der Waals surface area (Å²) in [4.78, 5) is 38.2. The SMILES string of the molecule is O=C(Cn1c(=O)c2sccc2n(Cc2cccc(Cl)c2)c1=O)NCc1ccco1. The Labute approximate surface area is 173 Å². The van der Waals surface area contributed by atoms with Gasteiger partial charge in [-0.25, -0.2) is 9.36 Å². The molecule has 3 heterocycles. The first-order valence-electron chi connectivity index (χ1n) is 8.77. The number of rotatable bonds is 6. The molecule has 29 heavy (non-hydrogen) atoms. The number of fused-ring (bicyclic) bond motifs is 1. The fraction of sp³-hybridized carbons (Fsp3) is 0.150. The topological polar surface area (TPSA) is 86.2 Å². The molecule has 7 nitrogen and oxygen atoms in total. The second-order valence-electron chi connectivity index (χ2n) is 6.38. The minimum absolute atomic E-state index is 0.179. The van der Waals surface area contributed by atoms with Crippen molar-refractivity contribution in [2.75, 3.05) is 0 Å². The van der Waals surface area contributed by atoms with E-state index in [1.54, 1.807) is 41.8 Å². The molecule has 0 saturated heterocycles. The zero-order chi connectivity index (χ0) is 20.4. The molecular formula is C20H16ClN3O4S. The second-order valence-corrected chi connectivity index (χ2v) is 7.73. The van der Waals surface area contributed by atoms with Gasteiger partial charge in [0.05, 0.1) is 24.9 Å². The van der Waals surface area contributed by atoms with Crippen LogP contribution in [0.2, 0.25) is 5.02 Å². The van der Waals surface area contributed by atoms with Gasteiger partial charge < -0.3 is 9.73 Å². The first-order chi connectivity index (χ1) is 14.0. The normalized spacial score (nSPS) is 11.1. The lowest BCUT2D eigenvalue weighted by Crippen LogP contribution is -2.43. The molecule has 0 aliphatic rings. The maximum atomic E-state index is 13.1. The Morgan fingerprint density at radius 2 is 2.00 bits per heavy atom. The van der Waals surface area contributed by atoms with E-state index in [1.165, 1.54) is 22.2 Å². The van der Waals surface area contributed by atoms with E-state index in [9.17, 15) is 14.4 Å². The van der Waals surface area contributed by atoms with E-state index in [4.69, 9.17) is 16.0 Å². The van der Waals surface area contributed by atoms with Crippen LogP contribution in [-0.2, 0) is 24.4 Å². The quantitative estimate of drug-likeness (QED) is 0.510. The minimum atomic E-state index is -0.547. The van der Waals surface area contributed by atoms with Crippen LogP contribution < -0.4 is 16.6 Å². The Morgan fingerprint density at radius 1 is 1.14 bits per heavy atom. The van der Waals surface area contributed by atoms with Crippen LogP contribution in [0.15, 0.2) is 68.1 Å². The van der Waals surface area contributed by atoms with Crippen LogP contribution >= 0.6 is 22.9 Å². The van der Waals surface area contributed by atoms with Gasteiger partial charge in [-0.2, -0.15) is 0 Å². The van der Waals surface area contributed by atoms with Crippen LogP contribution in [0.4, 0.5) is 0 Å². The third-order valence-electron chi connectivity index (χ3n) is 4.41. The first kappa shape index (κ1) is 19.2. The molecule has 0 spiro atoms. The lowest BCUT2D eigenvalue weighted by Gasteiger charge is -2.12. The number of aromatic nitrogens is 2. The summed E-state index contributed by atoms with van der Waals surface area (Å²) >= 11 is 7.29. The van der Waals surface area contributed by atoms with Crippen LogP contribution in [0.3, 0.4) is 0 Å². The van der Waals surface area contributed by atoms with Crippen molar-refractivity contribution in [1.82, 2.24) is 14.5 Å². The number of hydrogen-bond acceptors (Lipinski definition) is 5. The summed E-state index contributed by atoms with van der Waals surface area (Å²) in [5.41, 5.74) is 0.335. The number of carbonyl (C=O) groups excluding carboxylic acids is 1. The van der Waals surface area contributed by atoms with Crippen LogP contribution in [0, 0.1) is 0 Å². The minimum Gasteiger partial charge on any atom is -0.467 e. The van der Waals surface area contributed by atoms with Gasteiger partial charge in [0.25, 0.3) is 5.56 Å². The first-order valence-corrected chi connectivity index (χ1v) is 10.0. The Balaban J connectivity index is 1.67. The molecule has 0 radical (unpaired) electrons. The largest absolute Gasteiger partial charge is 0.467 e. The van der Waals surface area contributed by atoms with E-state index in [0.717, 1.165) is 10.1 Å². The molecule has 1 N–H and O–H groups in total. The fourth-order valence-electron chi connectivity index (χ4n) is 3.04. The smallest absolute Gasteiger partial charge is 0.332 e.